The summed E-state index contributed by atoms with van der Waals surface area (Å²) in [5.41, 5.74) is 1.87. The van der Waals surface area contributed by atoms with E-state index in [0.29, 0.717) is 52.3 Å². The van der Waals surface area contributed by atoms with E-state index in [2.05, 4.69) is 31.7 Å². The van der Waals surface area contributed by atoms with Gasteiger partial charge in [0.2, 0.25) is 11.8 Å². The van der Waals surface area contributed by atoms with E-state index in [9.17, 15) is 4.79 Å². The second-order valence-corrected chi connectivity index (χ2v) is 9.56. The Hall–Kier alpha value is -4.24. The first-order valence-corrected chi connectivity index (χ1v) is 12.4. The lowest BCUT2D eigenvalue weighted by Gasteiger charge is -2.42. The second kappa shape index (κ2) is 9.33. The van der Waals surface area contributed by atoms with Crippen LogP contribution in [0.1, 0.15) is 12.8 Å². The Bertz CT molecular complexity index is 1490. The fraction of sp³-hybridized carbons (Fsp3) is 0.222. The third-order valence-corrected chi connectivity index (χ3v) is 7.01. The summed E-state index contributed by atoms with van der Waals surface area (Å²) in [6, 6.07) is 15.0. The number of fused-ring (bicyclic) bond motifs is 1. The first kappa shape index (κ1) is 23.2. The number of hydrogen-bond donors (Lipinski definition) is 1. The Balaban J connectivity index is 1.24. The fourth-order valence-electron chi connectivity index (χ4n) is 4.70. The highest BCUT2D eigenvalue weighted by atomic mass is 35.5. The van der Waals surface area contributed by atoms with Gasteiger partial charge in [-0.25, -0.2) is 19.9 Å². The molecule has 1 amide bonds. The van der Waals surface area contributed by atoms with Crippen molar-refractivity contribution >= 4 is 45.9 Å². The predicted molar refractivity (Wildman–Crippen MR) is 142 cm³/mol. The van der Waals surface area contributed by atoms with Gasteiger partial charge in [0.1, 0.15) is 28.4 Å². The van der Waals surface area contributed by atoms with Gasteiger partial charge in [-0.1, -0.05) is 36.4 Å². The Labute approximate surface area is 218 Å². The molecule has 186 valence electrons. The van der Waals surface area contributed by atoms with E-state index in [0.717, 1.165) is 25.2 Å². The molecule has 9 nitrogen and oxygen atoms in total. The molecule has 1 aliphatic carbocycles. The zero-order valence-corrected chi connectivity index (χ0v) is 20.7. The topological polar surface area (TPSA) is 96.4 Å². The Kier molecular flexibility index (Phi) is 5.84. The van der Waals surface area contributed by atoms with E-state index in [4.69, 9.17) is 21.3 Å². The number of nitrogens with one attached hydrogen (secondary N) is 1. The maximum Gasteiger partial charge on any atom is 0.246 e. The SMILES string of the molecule is C=CC(=O)N1CCN(c2ccc3ncnc(Nc4cnc(Oc5ccccc5)c(Cl)c4)c3n2)CC12CC2. The van der Waals surface area contributed by atoms with Crippen molar-refractivity contribution in [2.75, 3.05) is 29.9 Å². The van der Waals surface area contributed by atoms with Gasteiger partial charge in [0.15, 0.2) is 5.82 Å². The van der Waals surface area contributed by atoms with Crippen LogP contribution in [0, 0.1) is 0 Å². The maximum absolute atomic E-state index is 12.3. The van der Waals surface area contributed by atoms with Gasteiger partial charge in [0, 0.05) is 19.6 Å². The van der Waals surface area contributed by atoms with Gasteiger partial charge in [0.05, 0.1) is 22.9 Å². The number of halogens is 1. The number of anilines is 3. The monoisotopic (exact) mass is 513 g/mol. The van der Waals surface area contributed by atoms with Gasteiger partial charge in [-0.05, 0) is 49.2 Å². The van der Waals surface area contributed by atoms with Crippen molar-refractivity contribution in [2.45, 2.75) is 18.4 Å². The average Bonchev–Trinajstić information content (AvgIpc) is 3.69. The lowest BCUT2D eigenvalue weighted by molar-refractivity contribution is -0.129. The standard InChI is InChI=1S/C27H24ClN7O2/c1-2-23(36)35-13-12-34(16-27(35)10-11-27)22-9-8-21-24(33-22)25(31-17-30-21)32-18-14-20(28)26(29-15-18)37-19-6-4-3-5-7-19/h2-9,14-15,17H,1,10-13,16H2,(H,30,31,32). The number of benzene rings is 1. The normalized spacial score (nSPS) is 16.0. The van der Waals surface area contributed by atoms with Crippen LogP contribution in [-0.2, 0) is 4.79 Å². The van der Waals surface area contributed by atoms with Crippen LogP contribution in [0.15, 0.2) is 73.7 Å². The number of pyridine rings is 2. The van der Waals surface area contributed by atoms with E-state index < -0.39 is 0 Å². The van der Waals surface area contributed by atoms with Gasteiger partial charge in [-0.15, -0.1) is 0 Å². The first-order valence-electron chi connectivity index (χ1n) is 12.0. The van der Waals surface area contributed by atoms with Gasteiger partial charge in [-0.3, -0.25) is 4.79 Å². The summed E-state index contributed by atoms with van der Waals surface area (Å²) in [6.45, 7) is 5.73. The minimum atomic E-state index is -0.125. The first-order chi connectivity index (χ1) is 18.0. The molecule has 0 radical (unpaired) electrons. The molecule has 4 aromatic rings. The number of para-hydroxylation sites is 1. The van der Waals surface area contributed by atoms with E-state index in [1.807, 2.05) is 47.4 Å². The number of piperazine rings is 1. The number of ether oxygens (including phenoxy) is 1. The van der Waals surface area contributed by atoms with Crippen molar-refractivity contribution in [3.8, 4) is 11.6 Å². The average molecular weight is 514 g/mol. The van der Waals surface area contributed by atoms with Crippen molar-refractivity contribution in [1.29, 1.82) is 0 Å². The summed E-state index contributed by atoms with van der Waals surface area (Å²) in [5.74, 6) is 2.33. The van der Waals surface area contributed by atoms with E-state index in [1.165, 1.54) is 12.4 Å². The zero-order chi connectivity index (χ0) is 25.4. The third kappa shape index (κ3) is 4.53. The lowest BCUT2D eigenvalue weighted by Crippen LogP contribution is -2.57. The van der Waals surface area contributed by atoms with Crippen LogP contribution in [0.5, 0.6) is 11.6 Å². The molecular weight excluding hydrogens is 490 g/mol. The van der Waals surface area contributed by atoms with Gasteiger partial charge >= 0.3 is 0 Å². The molecule has 0 unspecified atom stereocenters. The van der Waals surface area contributed by atoms with Gasteiger partial charge in [-0.2, -0.15) is 0 Å². The highest BCUT2D eigenvalue weighted by molar-refractivity contribution is 6.32. The van der Waals surface area contributed by atoms with Crippen molar-refractivity contribution in [3.05, 3.63) is 78.7 Å². The van der Waals surface area contributed by atoms with Crippen LogP contribution in [0.4, 0.5) is 17.3 Å². The maximum atomic E-state index is 12.3. The minimum Gasteiger partial charge on any atom is -0.438 e. The number of hydrogen-bond acceptors (Lipinski definition) is 8. The lowest BCUT2D eigenvalue weighted by atomic mass is 10.1. The molecule has 6 rings (SSSR count). The van der Waals surface area contributed by atoms with Gasteiger partial charge in [0.25, 0.3) is 0 Å². The third-order valence-electron chi connectivity index (χ3n) is 6.74. The summed E-state index contributed by atoms with van der Waals surface area (Å²) in [5, 5.41) is 3.63. The molecule has 0 atom stereocenters. The van der Waals surface area contributed by atoms with Crippen LogP contribution >= 0.6 is 11.6 Å². The molecule has 1 aromatic carbocycles. The number of nitrogens with zero attached hydrogens (tertiary/aromatic N) is 6. The zero-order valence-electron chi connectivity index (χ0n) is 20.0. The smallest absolute Gasteiger partial charge is 0.246 e. The predicted octanol–water partition coefficient (Wildman–Crippen LogP) is 4.98. The number of carbonyl (C=O) groups is 1. The van der Waals surface area contributed by atoms with Crippen LogP contribution in [0.2, 0.25) is 5.02 Å². The van der Waals surface area contributed by atoms with Crippen LogP contribution in [-0.4, -0.2) is 55.9 Å². The Morgan fingerprint density at radius 2 is 1.95 bits per heavy atom. The Morgan fingerprint density at radius 3 is 2.70 bits per heavy atom. The molecule has 1 saturated heterocycles. The van der Waals surface area contributed by atoms with E-state index in [-0.39, 0.29) is 11.4 Å². The Morgan fingerprint density at radius 1 is 1.11 bits per heavy atom. The largest absolute Gasteiger partial charge is 0.438 e. The summed E-state index contributed by atoms with van der Waals surface area (Å²) < 4.78 is 5.77. The summed E-state index contributed by atoms with van der Waals surface area (Å²) in [4.78, 5) is 34.6. The quantitative estimate of drug-likeness (QED) is 0.361. The van der Waals surface area contributed by atoms with E-state index >= 15 is 0 Å². The molecule has 1 saturated carbocycles. The fourth-order valence-corrected chi connectivity index (χ4v) is 4.91. The van der Waals surface area contributed by atoms with Crippen molar-refractivity contribution < 1.29 is 9.53 Å². The minimum absolute atomic E-state index is 0.00374. The summed E-state index contributed by atoms with van der Waals surface area (Å²) in [6.07, 6.45) is 6.51. The molecule has 2 aliphatic rings. The summed E-state index contributed by atoms with van der Waals surface area (Å²) in [7, 11) is 0. The second-order valence-electron chi connectivity index (χ2n) is 9.15. The van der Waals surface area contributed by atoms with Crippen LogP contribution in [0.25, 0.3) is 11.0 Å². The number of aromatic nitrogens is 4. The molecule has 1 N–H and O–H groups in total. The highest BCUT2D eigenvalue weighted by Crippen LogP contribution is 2.45. The number of amides is 1. The molecule has 4 heterocycles. The number of carbonyl (C=O) groups excluding carboxylic acids is 1. The highest BCUT2D eigenvalue weighted by Gasteiger charge is 2.52. The molecule has 10 heteroatoms. The van der Waals surface area contributed by atoms with Gasteiger partial charge < -0.3 is 19.9 Å². The number of rotatable bonds is 6. The van der Waals surface area contributed by atoms with Crippen LogP contribution in [0.3, 0.4) is 0 Å². The van der Waals surface area contributed by atoms with Crippen molar-refractivity contribution in [1.82, 2.24) is 24.8 Å². The molecule has 37 heavy (non-hydrogen) atoms. The molecule has 0 bridgehead atoms. The summed E-state index contributed by atoms with van der Waals surface area (Å²) >= 11 is 6.45. The molecule has 1 spiro atoms. The molecule has 1 aliphatic heterocycles. The van der Waals surface area contributed by atoms with Crippen LogP contribution < -0.4 is 15.0 Å². The van der Waals surface area contributed by atoms with E-state index in [1.54, 1.807) is 12.3 Å². The van der Waals surface area contributed by atoms with Crippen molar-refractivity contribution in [3.63, 3.8) is 0 Å². The van der Waals surface area contributed by atoms with Crippen molar-refractivity contribution in [2.24, 2.45) is 0 Å². The molecule has 2 fully saturated rings. The molecular formula is C27H24ClN7O2. The molecule has 3 aromatic heterocycles.